The molecule has 2 aliphatic rings. The van der Waals surface area contributed by atoms with Crippen molar-refractivity contribution >= 4 is 5.97 Å². The summed E-state index contributed by atoms with van der Waals surface area (Å²) in [5.41, 5.74) is -0.298. The molecule has 2 fully saturated rings. The van der Waals surface area contributed by atoms with E-state index in [9.17, 15) is 4.79 Å². The molecule has 1 saturated heterocycles. The lowest BCUT2D eigenvalue weighted by atomic mass is 9.74. The minimum atomic E-state index is -0.298. The fraction of sp³-hybridized carbons (Fsp3) is 0.933. The van der Waals surface area contributed by atoms with Gasteiger partial charge in [-0.3, -0.25) is 9.69 Å². The molecule has 3 heteroatoms. The second-order valence-corrected chi connectivity index (χ2v) is 6.00. The fourth-order valence-corrected chi connectivity index (χ4v) is 3.71. The summed E-state index contributed by atoms with van der Waals surface area (Å²) in [5.74, 6) is 0.684. The van der Waals surface area contributed by atoms with Crippen LogP contribution in [0.5, 0.6) is 0 Å². The van der Waals surface area contributed by atoms with E-state index < -0.39 is 0 Å². The zero-order chi connectivity index (χ0) is 13.0. The van der Waals surface area contributed by atoms with Crippen LogP contribution in [0.1, 0.15) is 58.8 Å². The van der Waals surface area contributed by atoms with Crippen molar-refractivity contribution in [1.29, 1.82) is 0 Å². The van der Waals surface area contributed by atoms with E-state index in [-0.39, 0.29) is 11.5 Å². The number of ether oxygens (including phenoxy) is 1. The van der Waals surface area contributed by atoms with Crippen molar-refractivity contribution in [1.82, 2.24) is 4.90 Å². The van der Waals surface area contributed by atoms with Gasteiger partial charge in [0, 0.05) is 0 Å². The normalized spacial score (nSPS) is 34.2. The Hall–Kier alpha value is -0.570. The molecule has 0 amide bonds. The van der Waals surface area contributed by atoms with Crippen LogP contribution < -0.4 is 0 Å². The van der Waals surface area contributed by atoms with Crippen molar-refractivity contribution in [3.05, 3.63) is 0 Å². The maximum atomic E-state index is 12.5. The third-order valence-corrected chi connectivity index (χ3v) is 4.59. The number of nitrogens with zero attached hydrogens (tertiary/aromatic N) is 1. The molecule has 1 saturated carbocycles. The van der Waals surface area contributed by atoms with Crippen LogP contribution in [0.25, 0.3) is 0 Å². The molecule has 1 aliphatic carbocycles. The quantitative estimate of drug-likeness (QED) is 0.724. The lowest BCUT2D eigenvalue weighted by molar-refractivity contribution is -0.163. The van der Waals surface area contributed by atoms with Gasteiger partial charge in [0.1, 0.15) is 5.54 Å². The Morgan fingerprint density at radius 3 is 2.61 bits per heavy atom. The van der Waals surface area contributed by atoms with E-state index in [1.165, 1.54) is 25.7 Å². The highest BCUT2D eigenvalue weighted by Crippen LogP contribution is 2.39. The van der Waals surface area contributed by atoms with Crippen molar-refractivity contribution in [2.45, 2.75) is 64.3 Å². The standard InChI is InChI=1S/C15H27NO2/c1-3-18-14(17)15(9-7-8-13(2)12-15)16-10-5-4-6-11-16/h13H,3-12H2,1-2H3. The summed E-state index contributed by atoms with van der Waals surface area (Å²) in [6.07, 6.45) is 8.18. The van der Waals surface area contributed by atoms with Gasteiger partial charge in [-0.05, 0) is 51.6 Å². The molecule has 0 aromatic heterocycles. The molecular weight excluding hydrogens is 226 g/mol. The summed E-state index contributed by atoms with van der Waals surface area (Å²) >= 11 is 0. The van der Waals surface area contributed by atoms with Crippen LogP contribution in [0.15, 0.2) is 0 Å². The molecule has 0 bridgehead atoms. The van der Waals surface area contributed by atoms with Gasteiger partial charge in [-0.25, -0.2) is 0 Å². The number of esters is 1. The van der Waals surface area contributed by atoms with E-state index in [4.69, 9.17) is 4.74 Å². The topological polar surface area (TPSA) is 29.5 Å². The Labute approximate surface area is 111 Å². The number of hydrogen-bond donors (Lipinski definition) is 0. The van der Waals surface area contributed by atoms with Crippen molar-refractivity contribution in [2.75, 3.05) is 19.7 Å². The number of rotatable bonds is 3. The van der Waals surface area contributed by atoms with Gasteiger partial charge in [0.25, 0.3) is 0 Å². The SMILES string of the molecule is CCOC(=O)C1(N2CCCCC2)CCCC(C)C1. The molecule has 0 aromatic rings. The van der Waals surface area contributed by atoms with Crippen molar-refractivity contribution in [2.24, 2.45) is 5.92 Å². The largest absolute Gasteiger partial charge is 0.465 e. The zero-order valence-corrected chi connectivity index (χ0v) is 11.9. The molecule has 2 atom stereocenters. The van der Waals surface area contributed by atoms with Gasteiger partial charge < -0.3 is 4.74 Å². The Morgan fingerprint density at radius 2 is 2.00 bits per heavy atom. The van der Waals surface area contributed by atoms with Crippen LogP contribution in [0.4, 0.5) is 0 Å². The molecule has 104 valence electrons. The van der Waals surface area contributed by atoms with Crippen LogP contribution in [-0.4, -0.2) is 36.1 Å². The minimum Gasteiger partial charge on any atom is -0.465 e. The predicted molar refractivity (Wildman–Crippen MR) is 72.4 cm³/mol. The smallest absolute Gasteiger partial charge is 0.326 e. The molecule has 0 spiro atoms. The Bertz CT molecular complexity index is 286. The maximum absolute atomic E-state index is 12.5. The van der Waals surface area contributed by atoms with Crippen LogP contribution in [0, 0.1) is 5.92 Å². The van der Waals surface area contributed by atoms with Gasteiger partial charge in [0.2, 0.25) is 0 Å². The van der Waals surface area contributed by atoms with E-state index in [2.05, 4.69) is 11.8 Å². The third kappa shape index (κ3) is 2.71. The van der Waals surface area contributed by atoms with Gasteiger partial charge in [-0.15, -0.1) is 0 Å². The van der Waals surface area contributed by atoms with Crippen LogP contribution in [0.3, 0.4) is 0 Å². The van der Waals surface area contributed by atoms with Gasteiger partial charge in [0.05, 0.1) is 6.61 Å². The first-order chi connectivity index (χ1) is 8.69. The average Bonchev–Trinajstić information content (AvgIpc) is 2.40. The van der Waals surface area contributed by atoms with Gasteiger partial charge in [-0.1, -0.05) is 26.2 Å². The van der Waals surface area contributed by atoms with Crippen molar-refractivity contribution < 1.29 is 9.53 Å². The number of carbonyl (C=O) groups is 1. The van der Waals surface area contributed by atoms with Gasteiger partial charge in [0.15, 0.2) is 0 Å². The lowest BCUT2D eigenvalue weighted by Gasteiger charge is -2.47. The summed E-state index contributed by atoms with van der Waals surface area (Å²) in [5, 5.41) is 0. The first kappa shape index (κ1) is 13.9. The molecule has 0 N–H and O–H groups in total. The van der Waals surface area contributed by atoms with Crippen LogP contribution in [0.2, 0.25) is 0 Å². The van der Waals surface area contributed by atoms with Crippen LogP contribution >= 0.6 is 0 Å². The van der Waals surface area contributed by atoms with E-state index >= 15 is 0 Å². The number of piperidine rings is 1. The first-order valence-electron chi connectivity index (χ1n) is 7.61. The van der Waals surface area contributed by atoms with Crippen molar-refractivity contribution in [3.63, 3.8) is 0 Å². The predicted octanol–water partition coefficient (Wildman–Crippen LogP) is 2.98. The molecule has 1 aliphatic heterocycles. The summed E-state index contributed by atoms with van der Waals surface area (Å²) in [7, 11) is 0. The summed E-state index contributed by atoms with van der Waals surface area (Å²) < 4.78 is 5.41. The van der Waals surface area contributed by atoms with Gasteiger partial charge in [-0.2, -0.15) is 0 Å². The molecule has 1 heterocycles. The summed E-state index contributed by atoms with van der Waals surface area (Å²) in [4.78, 5) is 14.9. The van der Waals surface area contributed by atoms with Gasteiger partial charge >= 0.3 is 5.97 Å². The van der Waals surface area contributed by atoms with E-state index in [0.717, 1.165) is 32.4 Å². The highest BCUT2D eigenvalue weighted by molar-refractivity contribution is 5.81. The third-order valence-electron chi connectivity index (χ3n) is 4.59. The van der Waals surface area contributed by atoms with Crippen molar-refractivity contribution in [3.8, 4) is 0 Å². The molecule has 0 radical (unpaired) electrons. The lowest BCUT2D eigenvalue weighted by Crippen LogP contribution is -2.59. The van der Waals surface area contributed by atoms with E-state index in [1.807, 2.05) is 6.92 Å². The second-order valence-electron chi connectivity index (χ2n) is 6.00. The molecule has 0 aromatic carbocycles. The Kier molecular flexibility index (Phi) is 4.66. The number of likely N-dealkylation sites (tertiary alicyclic amines) is 1. The maximum Gasteiger partial charge on any atom is 0.326 e. The highest BCUT2D eigenvalue weighted by Gasteiger charge is 2.47. The molecule has 2 unspecified atom stereocenters. The molecular formula is C15H27NO2. The van der Waals surface area contributed by atoms with Crippen LogP contribution in [-0.2, 0) is 9.53 Å². The summed E-state index contributed by atoms with van der Waals surface area (Å²) in [6, 6.07) is 0. The monoisotopic (exact) mass is 253 g/mol. The molecule has 2 rings (SSSR count). The fourth-order valence-electron chi connectivity index (χ4n) is 3.71. The summed E-state index contributed by atoms with van der Waals surface area (Å²) in [6.45, 7) is 6.84. The molecule has 3 nitrogen and oxygen atoms in total. The zero-order valence-electron chi connectivity index (χ0n) is 11.9. The number of carbonyl (C=O) groups excluding carboxylic acids is 1. The second kappa shape index (κ2) is 6.05. The van der Waals surface area contributed by atoms with E-state index in [1.54, 1.807) is 0 Å². The number of hydrogen-bond acceptors (Lipinski definition) is 3. The molecule has 18 heavy (non-hydrogen) atoms. The highest BCUT2D eigenvalue weighted by atomic mass is 16.5. The Morgan fingerprint density at radius 1 is 1.28 bits per heavy atom. The van der Waals surface area contributed by atoms with E-state index in [0.29, 0.717) is 12.5 Å². The first-order valence-corrected chi connectivity index (χ1v) is 7.61. The minimum absolute atomic E-state index is 0.0402. The Balaban J connectivity index is 2.17. The average molecular weight is 253 g/mol.